The van der Waals surface area contributed by atoms with Crippen molar-refractivity contribution in [3.8, 4) is 11.1 Å². The molecular formula is C23H15F3INO2. The predicted molar refractivity (Wildman–Crippen MR) is 115 cm³/mol. The van der Waals surface area contributed by atoms with Gasteiger partial charge in [-0.15, -0.1) is 0 Å². The van der Waals surface area contributed by atoms with Gasteiger partial charge < -0.3 is 0 Å². The molecule has 2 amide bonds. The Morgan fingerprint density at radius 1 is 0.833 bits per heavy atom. The highest BCUT2D eigenvalue weighted by Gasteiger charge is 2.38. The molecule has 3 aromatic carbocycles. The highest BCUT2D eigenvalue weighted by Crippen LogP contribution is 2.36. The van der Waals surface area contributed by atoms with Crippen molar-refractivity contribution >= 4 is 34.4 Å². The van der Waals surface area contributed by atoms with Crippen LogP contribution in [-0.2, 0) is 6.18 Å². The van der Waals surface area contributed by atoms with E-state index in [1.54, 1.807) is 55.5 Å². The van der Waals surface area contributed by atoms with Crippen LogP contribution in [0.15, 0.2) is 66.7 Å². The average Bonchev–Trinajstić information content (AvgIpc) is 2.98. The minimum atomic E-state index is -4.42. The van der Waals surface area contributed by atoms with Crippen molar-refractivity contribution in [2.75, 3.05) is 0 Å². The van der Waals surface area contributed by atoms with Crippen LogP contribution in [0.25, 0.3) is 11.1 Å². The van der Waals surface area contributed by atoms with Gasteiger partial charge in [-0.1, -0.05) is 36.4 Å². The molecule has 0 saturated heterocycles. The Bertz CT molecular complexity index is 1120. The summed E-state index contributed by atoms with van der Waals surface area (Å²) in [7, 11) is 0. The minimum Gasteiger partial charge on any atom is -0.269 e. The number of nitrogens with zero attached hydrogens (tertiary/aromatic N) is 1. The molecular weight excluding hydrogens is 506 g/mol. The van der Waals surface area contributed by atoms with E-state index >= 15 is 0 Å². The van der Waals surface area contributed by atoms with E-state index in [1.807, 2.05) is 22.6 Å². The van der Waals surface area contributed by atoms with E-state index in [0.717, 1.165) is 17.7 Å². The van der Waals surface area contributed by atoms with Crippen molar-refractivity contribution in [1.82, 2.24) is 4.90 Å². The van der Waals surface area contributed by atoms with Crippen LogP contribution in [0, 0.1) is 3.57 Å². The molecule has 0 aromatic heterocycles. The lowest BCUT2D eigenvalue weighted by Gasteiger charge is -2.23. The second-order valence-corrected chi connectivity index (χ2v) is 8.18. The summed E-state index contributed by atoms with van der Waals surface area (Å²) >= 11 is 2.00. The van der Waals surface area contributed by atoms with Crippen LogP contribution in [0.2, 0.25) is 0 Å². The van der Waals surface area contributed by atoms with E-state index in [1.165, 1.54) is 11.0 Å². The number of amides is 2. The summed E-state index contributed by atoms with van der Waals surface area (Å²) in [5.74, 6) is -0.695. The Hall–Kier alpha value is -2.68. The lowest BCUT2D eigenvalue weighted by Crippen LogP contribution is -2.32. The molecule has 1 aliphatic heterocycles. The minimum absolute atomic E-state index is 0.348. The van der Waals surface area contributed by atoms with Crippen molar-refractivity contribution in [2.24, 2.45) is 0 Å². The summed E-state index contributed by atoms with van der Waals surface area (Å²) in [6.07, 6.45) is -4.42. The quantitative estimate of drug-likeness (QED) is 0.298. The first-order chi connectivity index (χ1) is 14.2. The number of carbonyl (C=O) groups is 2. The van der Waals surface area contributed by atoms with Crippen molar-refractivity contribution in [1.29, 1.82) is 0 Å². The first-order valence-corrected chi connectivity index (χ1v) is 10.2. The highest BCUT2D eigenvalue weighted by molar-refractivity contribution is 14.1. The number of rotatable bonds is 3. The Labute approximate surface area is 184 Å². The van der Waals surface area contributed by atoms with Crippen LogP contribution in [0.1, 0.15) is 44.8 Å². The molecule has 3 aromatic rings. The van der Waals surface area contributed by atoms with Crippen LogP contribution in [0.3, 0.4) is 0 Å². The smallest absolute Gasteiger partial charge is 0.269 e. The number of hydrogen-bond donors (Lipinski definition) is 0. The normalized spacial score (nSPS) is 14.8. The van der Waals surface area contributed by atoms with E-state index in [2.05, 4.69) is 0 Å². The summed E-state index contributed by atoms with van der Waals surface area (Å²) in [5.41, 5.74) is 1.87. The lowest BCUT2D eigenvalue weighted by atomic mass is 9.99. The lowest BCUT2D eigenvalue weighted by molar-refractivity contribution is -0.137. The molecule has 0 fully saturated rings. The molecule has 3 nitrogen and oxygen atoms in total. The molecule has 0 unspecified atom stereocenters. The zero-order chi connectivity index (χ0) is 21.6. The van der Waals surface area contributed by atoms with Crippen molar-refractivity contribution in [2.45, 2.75) is 19.1 Å². The zero-order valence-electron chi connectivity index (χ0n) is 15.7. The van der Waals surface area contributed by atoms with Crippen molar-refractivity contribution in [3.05, 3.63) is 92.6 Å². The van der Waals surface area contributed by atoms with E-state index in [-0.39, 0.29) is 11.8 Å². The fourth-order valence-electron chi connectivity index (χ4n) is 3.57. The molecule has 0 bridgehead atoms. The van der Waals surface area contributed by atoms with E-state index < -0.39 is 17.8 Å². The zero-order valence-corrected chi connectivity index (χ0v) is 17.9. The Kier molecular flexibility index (Phi) is 5.17. The Morgan fingerprint density at radius 2 is 1.40 bits per heavy atom. The summed E-state index contributed by atoms with van der Waals surface area (Å²) in [5, 5.41) is 0. The fourth-order valence-corrected chi connectivity index (χ4v) is 4.22. The maximum atomic E-state index is 13.1. The van der Waals surface area contributed by atoms with E-state index in [9.17, 15) is 22.8 Å². The maximum Gasteiger partial charge on any atom is 0.416 e. The van der Waals surface area contributed by atoms with Crippen LogP contribution in [0.4, 0.5) is 13.2 Å². The summed E-state index contributed by atoms with van der Waals surface area (Å²) in [4.78, 5) is 26.6. The molecule has 152 valence electrons. The van der Waals surface area contributed by atoms with Crippen LogP contribution < -0.4 is 0 Å². The first-order valence-electron chi connectivity index (χ1n) is 9.12. The van der Waals surface area contributed by atoms with Gasteiger partial charge in [0.25, 0.3) is 11.8 Å². The van der Waals surface area contributed by atoms with Crippen LogP contribution in [-0.4, -0.2) is 16.7 Å². The number of carbonyl (C=O) groups excluding carboxylic acids is 2. The largest absolute Gasteiger partial charge is 0.416 e. The Morgan fingerprint density at radius 3 is 1.93 bits per heavy atom. The number of imide groups is 1. The van der Waals surface area contributed by atoms with E-state index in [4.69, 9.17) is 0 Å². The third kappa shape index (κ3) is 3.51. The molecule has 0 aliphatic carbocycles. The standard InChI is InChI=1S/C23H15F3INO2/c1-13(28-21(29)17-4-2-3-5-18(17)22(28)30)14-6-8-15(9-7-14)19-12-16(23(24,25)26)10-11-20(19)27/h2-13H,1H3/t13-/m1/s1. The molecule has 0 saturated carbocycles. The second kappa shape index (κ2) is 7.54. The third-order valence-corrected chi connectivity index (χ3v) is 6.15. The van der Waals surface area contributed by atoms with Gasteiger partial charge >= 0.3 is 6.18 Å². The van der Waals surface area contributed by atoms with Gasteiger partial charge in [-0.05, 0) is 76.5 Å². The second-order valence-electron chi connectivity index (χ2n) is 7.02. The third-order valence-electron chi connectivity index (χ3n) is 5.21. The van der Waals surface area contributed by atoms with Gasteiger partial charge in [0.2, 0.25) is 0 Å². The van der Waals surface area contributed by atoms with Crippen LogP contribution in [0.5, 0.6) is 0 Å². The monoisotopic (exact) mass is 521 g/mol. The number of benzene rings is 3. The molecule has 1 heterocycles. The topological polar surface area (TPSA) is 37.4 Å². The molecule has 4 rings (SSSR count). The highest BCUT2D eigenvalue weighted by atomic mass is 127. The Balaban J connectivity index is 1.64. The molecule has 0 N–H and O–H groups in total. The van der Waals surface area contributed by atoms with Gasteiger partial charge in [0.05, 0.1) is 22.7 Å². The fraction of sp³-hybridized carbons (Fsp3) is 0.130. The molecule has 30 heavy (non-hydrogen) atoms. The number of fused-ring (bicyclic) bond motifs is 1. The number of hydrogen-bond acceptors (Lipinski definition) is 2. The molecule has 0 radical (unpaired) electrons. The van der Waals surface area contributed by atoms with E-state index in [0.29, 0.717) is 25.8 Å². The number of alkyl halides is 3. The maximum absolute atomic E-state index is 13.1. The molecule has 7 heteroatoms. The molecule has 1 aliphatic rings. The van der Waals surface area contributed by atoms with Gasteiger partial charge in [0.1, 0.15) is 0 Å². The summed E-state index contributed by atoms with van der Waals surface area (Å²) < 4.78 is 39.9. The van der Waals surface area contributed by atoms with Gasteiger partial charge in [0, 0.05) is 3.57 Å². The SMILES string of the molecule is C[C@H](c1ccc(-c2cc(C(F)(F)F)ccc2I)cc1)N1C(=O)c2ccccc2C1=O. The van der Waals surface area contributed by atoms with Gasteiger partial charge in [-0.3, -0.25) is 14.5 Å². The summed E-state index contributed by atoms with van der Waals surface area (Å²) in [6, 6.07) is 16.7. The van der Waals surface area contributed by atoms with Crippen molar-refractivity contribution in [3.63, 3.8) is 0 Å². The average molecular weight is 521 g/mol. The number of halogens is 4. The van der Waals surface area contributed by atoms with Gasteiger partial charge in [-0.2, -0.15) is 13.2 Å². The van der Waals surface area contributed by atoms with Gasteiger partial charge in [-0.25, -0.2) is 0 Å². The molecule has 1 atom stereocenters. The predicted octanol–water partition coefficient (Wildman–Crippen LogP) is 6.33. The first kappa shape index (κ1) is 20.6. The van der Waals surface area contributed by atoms with Gasteiger partial charge in [0.15, 0.2) is 0 Å². The summed E-state index contributed by atoms with van der Waals surface area (Å²) in [6.45, 7) is 1.75. The van der Waals surface area contributed by atoms with Crippen LogP contribution >= 0.6 is 22.6 Å². The molecule has 0 spiro atoms. The van der Waals surface area contributed by atoms with Crippen molar-refractivity contribution < 1.29 is 22.8 Å².